The molecule has 2 rings (SSSR count). The molecule has 0 aliphatic carbocycles. The Kier molecular flexibility index (Phi) is 4.80. The molecule has 2 aromatic heterocycles. The van der Waals surface area contributed by atoms with Crippen LogP contribution in [0.4, 0.5) is 5.82 Å². The lowest BCUT2D eigenvalue weighted by molar-refractivity contribution is -0.127. The largest absolute Gasteiger partial charge is 0.359 e. The van der Waals surface area contributed by atoms with E-state index >= 15 is 0 Å². The molecule has 0 bridgehead atoms. The van der Waals surface area contributed by atoms with Crippen LogP contribution in [0, 0.1) is 13.8 Å². The van der Waals surface area contributed by atoms with Gasteiger partial charge in [-0.25, -0.2) is 10.5 Å². The molecular weight excluding hydrogens is 268 g/mol. The first-order valence-electron chi connectivity index (χ1n) is 7.22. The highest BCUT2D eigenvalue weighted by Gasteiger charge is 2.14. The van der Waals surface area contributed by atoms with Crippen LogP contribution in [0.1, 0.15) is 36.7 Å². The maximum Gasteiger partial charge on any atom is 0.262 e. The van der Waals surface area contributed by atoms with Crippen LogP contribution in [-0.4, -0.2) is 27.0 Å². The lowest BCUT2D eigenvalue weighted by Crippen LogP contribution is -2.27. The smallest absolute Gasteiger partial charge is 0.262 e. The molecule has 2 aromatic rings. The van der Waals surface area contributed by atoms with Crippen LogP contribution < -0.4 is 10.8 Å². The summed E-state index contributed by atoms with van der Waals surface area (Å²) in [6, 6.07) is 4.15. The second-order valence-corrected chi connectivity index (χ2v) is 5.27. The Morgan fingerprint density at radius 1 is 1.38 bits per heavy atom. The normalized spacial score (nSPS) is 10.9. The number of nitrogens with zero attached hydrogens (tertiary/aromatic N) is 2. The number of aromatic nitrogens is 2. The van der Waals surface area contributed by atoms with Gasteiger partial charge < -0.3 is 5.32 Å². The molecule has 0 radical (unpaired) electrons. The molecule has 0 aromatic carbocycles. The first-order valence-corrected chi connectivity index (χ1v) is 7.22. The molecule has 0 unspecified atom stereocenters. The van der Waals surface area contributed by atoms with Crippen LogP contribution in [0.15, 0.2) is 12.1 Å². The van der Waals surface area contributed by atoms with E-state index in [2.05, 4.69) is 34.6 Å². The number of anilines is 1. The number of carbonyl (C=O) groups is 1. The minimum Gasteiger partial charge on any atom is -0.359 e. The predicted molar refractivity (Wildman–Crippen MR) is 81.7 cm³/mol. The minimum absolute atomic E-state index is 0.00244. The molecule has 2 heterocycles. The third-order valence-corrected chi connectivity index (χ3v) is 3.45. The van der Waals surface area contributed by atoms with Gasteiger partial charge in [-0.1, -0.05) is 13.3 Å². The Morgan fingerprint density at radius 3 is 2.81 bits per heavy atom. The van der Waals surface area contributed by atoms with Crippen LogP contribution >= 0.6 is 0 Å². The monoisotopic (exact) mass is 290 g/mol. The number of pyridine rings is 1. The summed E-state index contributed by atoms with van der Waals surface area (Å²) >= 11 is 0. The van der Waals surface area contributed by atoms with Crippen LogP contribution in [0.25, 0.3) is 5.65 Å². The minimum atomic E-state index is -0.485. The molecule has 1 amide bonds. The van der Waals surface area contributed by atoms with Crippen LogP contribution in [0.2, 0.25) is 0 Å². The number of hydrogen-bond donors (Lipinski definition) is 3. The van der Waals surface area contributed by atoms with Crippen molar-refractivity contribution in [3.8, 4) is 0 Å². The first-order chi connectivity index (χ1) is 10.1. The van der Waals surface area contributed by atoms with Gasteiger partial charge in [-0.2, -0.15) is 0 Å². The quantitative estimate of drug-likeness (QED) is 0.563. The summed E-state index contributed by atoms with van der Waals surface area (Å²) < 4.78 is 2.13. The van der Waals surface area contributed by atoms with Gasteiger partial charge in [0, 0.05) is 5.69 Å². The molecule has 0 saturated heterocycles. The van der Waals surface area contributed by atoms with Gasteiger partial charge in [-0.15, -0.1) is 0 Å². The van der Waals surface area contributed by atoms with Gasteiger partial charge in [0.1, 0.15) is 11.5 Å². The zero-order valence-electron chi connectivity index (χ0n) is 12.7. The molecule has 21 heavy (non-hydrogen) atoms. The number of aryl methyl sites for hydroxylation is 3. The van der Waals surface area contributed by atoms with Crippen molar-refractivity contribution in [1.82, 2.24) is 14.9 Å². The van der Waals surface area contributed by atoms with Gasteiger partial charge in [0.2, 0.25) is 0 Å². The Balaban J connectivity index is 2.42. The van der Waals surface area contributed by atoms with E-state index in [-0.39, 0.29) is 6.54 Å². The number of hydroxylamine groups is 1. The first kappa shape index (κ1) is 15.3. The van der Waals surface area contributed by atoms with Crippen molar-refractivity contribution < 1.29 is 10.0 Å². The number of fused-ring (bicyclic) bond motifs is 1. The second-order valence-electron chi connectivity index (χ2n) is 5.27. The van der Waals surface area contributed by atoms with Gasteiger partial charge in [0.25, 0.3) is 5.91 Å². The van der Waals surface area contributed by atoms with Crippen molar-refractivity contribution in [3.63, 3.8) is 0 Å². The molecule has 0 aliphatic heterocycles. The standard InChI is InChI=1S/C15H22N4O2/c1-4-5-6-12-15(16-9-14(20)18-21)17-13-8-10(2)7-11(3)19(12)13/h7-8,16,21H,4-6,9H2,1-3H3,(H,18,20). The Hall–Kier alpha value is -2.08. The maximum absolute atomic E-state index is 11.2. The average Bonchev–Trinajstić information content (AvgIpc) is 2.80. The molecule has 0 saturated carbocycles. The summed E-state index contributed by atoms with van der Waals surface area (Å²) in [6.07, 6.45) is 3.04. The van der Waals surface area contributed by atoms with E-state index in [1.54, 1.807) is 5.48 Å². The van der Waals surface area contributed by atoms with Gasteiger partial charge in [0.05, 0.1) is 12.2 Å². The topological polar surface area (TPSA) is 78.7 Å². The lowest BCUT2D eigenvalue weighted by Gasteiger charge is -2.08. The average molecular weight is 290 g/mol. The summed E-state index contributed by atoms with van der Waals surface area (Å²) in [4.78, 5) is 15.8. The van der Waals surface area contributed by atoms with Crippen molar-refractivity contribution in [1.29, 1.82) is 0 Å². The molecule has 0 aliphatic rings. The Morgan fingerprint density at radius 2 is 2.14 bits per heavy atom. The number of carbonyl (C=O) groups excluding carboxylic acids is 1. The highest BCUT2D eigenvalue weighted by Crippen LogP contribution is 2.22. The highest BCUT2D eigenvalue weighted by molar-refractivity contribution is 5.79. The number of imidazole rings is 1. The zero-order valence-corrected chi connectivity index (χ0v) is 12.7. The molecular formula is C15H22N4O2. The number of rotatable bonds is 6. The second kappa shape index (κ2) is 6.58. The van der Waals surface area contributed by atoms with Crippen molar-refractivity contribution >= 4 is 17.4 Å². The van der Waals surface area contributed by atoms with E-state index in [0.717, 1.165) is 41.9 Å². The van der Waals surface area contributed by atoms with Gasteiger partial charge in [0.15, 0.2) is 0 Å². The van der Waals surface area contributed by atoms with E-state index in [0.29, 0.717) is 5.82 Å². The number of hydrogen-bond acceptors (Lipinski definition) is 4. The van der Waals surface area contributed by atoms with Gasteiger partial charge >= 0.3 is 0 Å². The van der Waals surface area contributed by atoms with Crippen molar-refractivity contribution in [2.45, 2.75) is 40.0 Å². The van der Waals surface area contributed by atoms with Crippen molar-refractivity contribution in [3.05, 3.63) is 29.1 Å². The van der Waals surface area contributed by atoms with Crippen LogP contribution in [0.3, 0.4) is 0 Å². The lowest BCUT2D eigenvalue weighted by atomic mass is 10.2. The van der Waals surface area contributed by atoms with Gasteiger partial charge in [-0.3, -0.25) is 14.4 Å². The molecule has 0 atom stereocenters. The fraction of sp³-hybridized carbons (Fsp3) is 0.467. The summed E-state index contributed by atoms with van der Waals surface area (Å²) in [7, 11) is 0. The predicted octanol–water partition coefficient (Wildman–Crippen LogP) is 2.21. The molecule has 3 N–H and O–H groups in total. The van der Waals surface area contributed by atoms with E-state index in [4.69, 9.17) is 5.21 Å². The number of nitrogens with one attached hydrogen (secondary N) is 2. The van der Waals surface area contributed by atoms with E-state index in [1.807, 2.05) is 13.0 Å². The highest BCUT2D eigenvalue weighted by atomic mass is 16.5. The fourth-order valence-corrected chi connectivity index (χ4v) is 2.52. The summed E-state index contributed by atoms with van der Waals surface area (Å²) in [5, 5.41) is 11.6. The van der Waals surface area contributed by atoms with Crippen molar-refractivity contribution in [2.75, 3.05) is 11.9 Å². The van der Waals surface area contributed by atoms with Gasteiger partial charge in [-0.05, 0) is 44.4 Å². The molecule has 6 heteroatoms. The Bertz CT molecular complexity index is 649. The van der Waals surface area contributed by atoms with Crippen LogP contribution in [0.5, 0.6) is 0 Å². The van der Waals surface area contributed by atoms with E-state index in [1.165, 1.54) is 0 Å². The maximum atomic E-state index is 11.2. The zero-order chi connectivity index (χ0) is 15.4. The summed E-state index contributed by atoms with van der Waals surface area (Å²) in [5.41, 5.74) is 5.86. The number of unbranched alkanes of at least 4 members (excludes halogenated alkanes) is 1. The van der Waals surface area contributed by atoms with E-state index < -0.39 is 5.91 Å². The number of amides is 1. The van der Waals surface area contributed by atoms with E-state index in [9.17, 15) is 4.79 Å². The Labute approximate surface area is 124 Å². The van der Waals surface area contributed by atoms with Crippen LogP contribution in [-0.2, 0) is 11.2 Å². The summed E-state index contributed by atoms with van der Waals surface area (Å²) in [6.45, 7) is 6.24. The van der Waals surface area contributed by atoms with Crippen molar-refractivity contribution in [2.24, 2.45) is 0 Å². The molecule has 6 nitrogen and oxygen atoms in total. The summed E-state index contributed by atoms with van der Waals surface area (Å²) in [5.74, 6) is 0.224. The SMILES string of the molecule is CCCCc1c(NCC(=O)NO)nc2cc(C)cc(C)n12. The third kappa shape index (κ3) is 3.33. The third-order valence-electron chi connectivity index (χ3n) is 3.45. The molecule has 114 valence electrons. The molecule has 0 spiro atoms. The molecule has 0 fully saturated rings. The fourth-order valence-electron chi connectivity index (χ4n) is 2.52.